The molecule has 18 heavy (non-hydrogen) atoms. The van der Waals surface area contributed by atoms with Crippen LogP contribution in [0.5, 0.6) is 0 Å². The molecule has 3 heteroatoms. The van der Waals surface area contributed by atoms with Crippen LogP contribution in [0.4, 0.5) is 0 Å². The van der Waals surface area contributed by atoms with Gasteiger partial charge in [-0.2, -0.15) is 0 Å². The molecule has 0 amide bonds. The van der Waals surface area contributed by atoms with E-state index in [4.69, 9.17) is 15.9 Å². The molecule has 0 fully saturated rings. The van der Waals surface area contributed by atoms with E-state index in [1.54, 1.807) is 0 Å². The summed E-state index contributed by atoms with van der Waals surface area (Å²) in [4.78, 5) is 0. The van der Waals surface area contributed by atoms with E-state index >= 15 is 0 Å². The first-order chi connectivity index (χ1) is 8.93. The Hall–Kier alpha value is -1.50. The van der Waals surface area contributed by atoms with Crippen molar-refractivity contribution in [1.29, 1.82) is 0 Å². The summed E-state index contributed by atoms with van der Waals surface area (Å²) in [6.45, 7) is 2.69. The summed E-state index contributed by atoms with van der Waals surface area (Å²) in [6, 6.07) is 0. The van der Waals surface area contributed by atoms with Crippen molar-refractivity contribution in [2.24, 2.45) is 0 Å². The van der Waals surface area contributed by atoms with Gasteiger partial charge in [-0.3, -0.25) is 0 Å². The molecule has 0 saturated carbocycles. The SMILES string of the molecule is C#COCCOCCOC/C=C/C1=CC=CCC1. The van der Waals surface area contributed by atoms with Crippen LogP contribution in [-0.2, 0) is 14.2 Å². The zero-order valence-corrected chi connectivity index (χ0v) is 10.6. The summed E-state index contributed by atoms with van der Waals surface area (Å²) < 4.78 is 15.3. The number of terminal acetylenes is 1. The number of rotatable bonds is 9. The molecule has 0 aliphatic heterocycles. The molecular weight excluding hydrogens is 228 g/mol. The summed E-state index contributed by atoms with van der Waals surface area (Å²) in [5, 5.41) is 0. The van der Waals surface area contributed by atoms with Gasteiger partial charge in [0.25, 0.3) is 0 Å². The summed E-state index contributed by atoms with van der Waals surface area (Å²) in [5.41, 5.74) is 1.35. The first kappa shape index (κ1) is 14.6. The molecule has 0 heterocycles. The van der Waals surface area contributed by atoms with Crippen LogP contribution >= 0.6 is 0 Å². The van der Waals surface area contributed by atoms with Gasteiger partial charge in [0.2, 0.25) is 0 Å². The van der Waals surface area contributed by atoms with E-state index < -0.39 is 0 Å². The Balaban J connectivity index is 1.89. The van der Waals surface area contributed by atoms with E-state index in [1.165, 1.54) is 5.57 Å². The molecule has 0 radical (unpaired) electrons. The molecule has 0 aromatic heterocycles. The summed E-state index contributed by atoms with van der Waals surface area (Å²) >= 11 is 0. The maximum Gasteiger partial charge on any atom is 0.123 e. The molecule has 0 aromatic rings. The fourth-order valence-electron chi connectivity index (χ4n) is 1.49. The van der Waals surface area contributed by atoms with Gasteiger partial charge in [-0.15, -0.1) is 0 Å². The van der Waals surface area contributed by atoms with E-state index in [0.29, 0.717) is 33.0 Å². The number of ether oxygens (including phenoxy) is 3. The fraction of sp³-hybridized carbons (Fsp3) is 0.467. The zero-order chi connectivity index (χ0) is 12.9. The molecule has 0 atom stereocenters. The minimum absolute atomic E-state index is 0.429. The van der Waals surface area contributed by atoms with E-state index in [0.717, 1.165) is 12.8 Å². The van der Waals surface area contributed by atoms with Crippen molar-refractivity contribution in [1.82, 2.24) is 0 Å². The Labute approximate surface area is 109 Å². The van der Waals surface area contributed by atoms with Gasteiger partial charge in [-0.1, -0.05) is 36.8 Å². The Morgan fingerprint density at radius 2 is 2.06 bits per heavy atom. The minimum Gasteiger partial charge on any atom is -0.444 e. The fourth-order valence-corrected chi connectivity index (χ4v) is 1.49. The van der Waals surface area contributed by atoms with E-state index in [9.17, 15) is 0 Å². The zero-order valence-electron chi connectivity index (χ0n) is 10.6. The largest absolute Gasteiger partial charge is 0.444 e. The Kier molecular flexibility index (Phi) is 8.61. The van der Waals surface area contributed by atoms with Crippen LogP contribution in [0.15, 0.2) is 36.0 Å². The van der Waals surface area contributed by atoms with Gasteiger partial charge in [-0.25, -0.2) is 0 Å². The highest BCUT2D eigenvalue weighted by Crippen LogP contribution is 2.12. The lowest BCUT2D eigenvalue weighted by atomic mass is 10.1. The third-order valence-corrected chi connectivity index (χ3v) is 2.38. The average molecular weight is 248 g/mol. The van der Waals surface area contributed by atoms with Gasteiger partial charge < -0.3 is 14.2 Å². The topological polar surface area (TPSA) is 27.7 Å². The summed E-state index contributed by atoms with van der Waals surface area (Å²) in [6.07, 6.45) is 19.8. The van der Waals surface area contributed by atoms with Crippen molar-refractivity contribution in [3.63, 3.8) is 0 Å². The Morgan fingerprint density at radius 3 is 2.83 bits per heavy atom. The molecule has 1 aliphatic rings. The van der Waals surface area contributed by atoms with Gasteiger partial charge in [0.05, 0.1) is 26.4 Å². The van der Waals surface area contributed by atoms with E-state index in [2.05, 4.69) is 35.1 Å². The monoisotopic (exact) mass is 248 g/mol. The Bertz CT molecular complexity index is 334. The van der Waals surface area contributed by atoms with Gasteiger partial charge in [0, 0.05) is 0 Å². The van der Waals surface area contributed by atoms with Crippen LogP contribution < -0.4 is 0 Å². The van der Waals surface area contributed by atoms with Crippen molar-refractivity contribution in [3.05, 3.63) is 36.0 Å². The van der Waals surface area contributed by atoms with Crippen LogP contribution in [0.25, 0.3) is 0 Å². The molecule has 0 N–H and O–H groups in total. The Morgan fingerprint density at radius 1 is 1.22 bits per heavy atom. The third-order valence-electron chi connectivity index (χ3n) is 2.38. The lowest BCUT2D eigenvalue weighted by Crippen LogP contribution is -2.08. The number of allylic oxidation sites excluding steroid dienone is 5. The molecule has 1 rings (SSSR count). The maximum absolute atomic E-state index is 5.39. The normalized spacial score (nSPS) is 14.5. The highest BCUT2D eigenvalue weighted by molar-refractivity contribution is 5.27. The summed E-state index contributed by atoms with van der Waals surface area (Å²) in [7, 11) is 0. The van der Waals surface area contributed by atoms with Crippen LogP contribution in [0, 0.1) is 12.5 Å². The van der Waals surface area contributed by atoms with Crippen LogP contribution in [0.2, 0.25) is 0 Å². The van der Waals surface area contributed by atoms with Crippen molar-refractivity contribution in [3.8, 4) is 12.5 Å². The van der Waals surface area contributed by atoms with Crippen molar-refractivity contribution < 1.29 is 14.2 Å². The van der Waals surface area contributed by atoms with Crippen LogP contribution in [-0.4, -0.2) is 33.0 Å². The molecular formula is C15H20O3. The van der Waals surface area contributed by atoms with Gasteiger partial charge in [0.1, 0.15) is 12.7 Å². The quantitative estimate of drug-likeness (QED) is 0.463. The van der Waals surface area contributed by atoms with Crippen molar-refractivity contribution in [2.45, 2.75) is 12.8 Å². The smallest absolute Gasteiger partial charge is 0.123 e. The van der Waals surface area contributed by atoms with Gasteiger partial charge >= 0.3 is 0 Å². The van der Waals surface area contributed by atoms with Crippen LogP contribution in [0.1, 0.15) is 12.8 Å². The maximum atomic E-state index is 5.39. The average Bonchev–Trinajstić information content (AvgIpc) is 2.42. The molecule has 0 unspecified atom stereocenters. The van der Waals surface area contributed by atoms with Crippen LogP contribution in [0.3, 0.4) is 0 Å². The molecule has 1 aliphatic carbocycles. The molecule has 98 valence electrons. The highest BCUT2D eigenvalue weighted by Gasteiger charge is 1.94. The summed E-state index contributed by atoms with van der Waals surface area (Å²) in [5.74, 6) is 0. The first-order valence-electron chi connectivity index (χ1n) is 6.18. The molecule has 3 nitrogen and oxygen atoms in total. The lowest BCUT2D eigenvalue weighted by molar-refractivity contribution is 0.0408. The number of hydrogen-bond donors (Lipinski definition) is 0. The van der Waals surface area contributed by atoms with Crippen molar-refractivity contribution >= 4 is 0 Å². The van der Waals surface area contributed by atoms with Crippen molar-refractivity contribution in [2.75, 3.05) is 33.0 Å². The predicted octanol–water partition coefficient (Wildman–Crippen LogP) is 2.46. The third kappa shape index (κ3) is 7.72. The molecule has 0 spiro atoms. The second-order valence-corrected chi connectivity index (χ2v) is 3.76. The lowest BCUT2D eigenvalue weighted by Gasteiger charge is -2.04. The second-order valence-electron chi connectivity index (χ2n) is 3.76. The molecule has 0 bridgehead atoms. The van der Waals surface area contributed by atoms with Gasteiger partial charge in [-0.05, 0) is 18.4 Å². The minimum atomic E-state index is 0.429. The standard InChI is InChI=1S/C15H20O3/c1-2-16-11-12-18-14-13-17-10-6-9-15-7-4-3-5-8-15/h1,3-4,6-7,9H,5,8,10-14H2/b9-6+. The van der Waals surface area contributed by atoms with E-state index in [1.807, 2.05) is 6.08 Å². The molecule has 0 saturated heterocycles. The van der Waals surface area contributed by atoms with Gasteiger partial charge in [0.15, 0.2) is 0 Å². The highest BCUT2D eigenvalue weighted by atomic mass is 16.5. The second kappa shape index (κ2) is 10.6. The van der Waals surface area contributed by atoms with E-state index in [-0.39, 0.29) is 0 Å². The first-order valence-corrected chi connectivity index (χ1v) is 6.18. The molecule has 0 aromatic carbocycles. The number of hydrogen-bond acceptors (Lipinski definition) is 3. The predicted molar refractivity (Wildman–Crippen MR) is 72.0 cm³/mol.